The SMILES string of the molecule is C=C(C)C(=O)N(CCCCNC)CCCCNC. The van der Waals surface area contributed by atoms with Gasteiger partial charge >= 0.3 is 0 Å². The van der Waals surface area contributed by atoms with Crippen LogP contribution in [-0.4, -0.2) is 51.1 Å². The van der Waals surface area contributed by atoms with E-state index in [1.807, 2.05) is 19.0 Å². The Bertz CT molecular complexity index is 229. The molecule has 0 aliphatic rings. The fourth-order valence-corrected chi connectivity index (χ4v) is 1.79. The Morgan fingerprint density at radius 1 is 1.00 bits per heavy atom. The van der Waals surface area contributed by atoms with E-state index in [4.69, 9.17) is 0 Å². The fourth-order valence-electron chi connectivity index (χ4n) is 1.79. The van der Waals surface area contributed by atoms with Gasteiger partial charge in [0, 0.05) is 18.7 Å². The second-order valence-corrected chi connectivity index (χ2v) is 4.69. The normalized spacial score (nSPS) is 10.4. The molecule has 4 heteroatoms. The van der Waals surface area contributed by atoms with E-state index in [2.05, 4.69) is 17.2 Å². The monoisotopic (exact) mass is 255 g/mol. The van der Waals surface area contributed by atoms with Gasteiger partial charge in [0.2, 0.25) is 5.91 Å². The van der Waals surface area contributed by atoms with Crippen molar-refractivity contribution in [3.05, 3.63) is 12.2 Å². The summed E-state index contributed by atoms with van der Waals surface area (Å²) >= 11 is 0. The molecule has 4 nitrogen and oxygen atoms in total. The smallest absolute Gasteiger partial charge is 0.248 e. The minimum atomic E-state index is 0.101. The molecule has 0 atom stereocenters. The van der Waals surface area contributed by atoms with Crippen LogP contribution in [0, 0.1) is 0 Å². The van der Waals surface area contributed by atoms with Crippen LogP contribution in [0.3, 0.4) is 0 Å². The molecule has 0 unspecified atom stereocenters. The Morgan fingerprint density at radius 3 is 1.78 bits per heavy atom. The summed E-state index contributed by atoms with van der Waals surface area (Å²) in [5.74, 6) is 0.101. The summed E-state index contributed by atoms with van der Waals surface area (Å²) in [7, 11) is 3.91. The van der Waals surface area contributed by atoms with Gasteiger partial charge in [0.25, 0.3) is 0 Å². The van der Waals surface area contributed by atoms with Crippen LogP contribution in [0.1, 0.15) is 32.6 Å². The molecule has 0 aromatic rings. The molecule has 0 spiro atoms. The lowest BCUT2D eigenvalue weighted by Gasteiger charge is -2.23. The van der Waals surface area contributed by atoms with E-state index in [9.17, 15) is 4.79 Å². The topological polar surface area (TPSA) is 44.4 Å². The van der Waals surface area contributed by atoms with Crippen molar-refractivity contribution < 1.29 is 4.79 Å². The number of nitrogens with zero attached hydrogens (tertiary/aromatic N) is 1. The molecule has 1 amide bonds. The molecule has 0 fully saturated rings. The predicted molar refractivity (Wildman–Crippen MR) is 77.7 cm³/mol. The van der Waals surface area contributed by atoms with Crippen molar-refractivity contribution in [1.29, 1.82) is 0 Å². The number of carbonyl (C=O) groups excluding carboxylic acids is 1. The van der Waals surface area contributed by atoms with Crippen LogP contribution in [0.25, 0.3) is 0 Å². The van der Waals surface area contributed by atoms with E-state index in [1.165, 1.54) is 0 Å². The third-order valence-corrected chi connectivity index (χ3v) is 2.86. The number of unbranched alkanes of at least 4 members (excludes halogenated alkanes) is 2. The Labute approximate surface area is 112 Å². The molecule has 0 saturated heterocycles. The average Bonchev–Trinajstić information content (AvgIpc) is 2.36. The first kappa shape index (κ1) is 17.1. The van der Waals surface area contributed by atoms with Gasteiger partial charge in [-0.05, 0) is 59.8 Å². The standard InChI is InChI=1S/C14H29N3O/c1-13(2)14(18)17(11-7-5-9-15-3)12-8-6-10-16-4/h15-16H,1,5-12H2,2-4H3. The maximum absolute atomic E-state index is 12.0. The maximum Gasteiger partial charge on any atom is 0.248 e. The van der Waals surface area contributed by atoms with E-state index in [-0.39, 0.29) is 5.91 Å². The highest BCUT2D eigenvalue weighted by Gasteiger charge is 2.12. The van der Waals surface area contributed by atoms with Crippen molar-refractivity contribution in [2.24, 2.45) is 0 Å². The van der Waals surface area contributed by atoms with Gasteiger partial charge in [0.05, 0.1) is 0 Å². The molecule has 0 aliphatic heterocycles. The highest BCUT2D eigenvalue weighted by Crippen LogP contribution is 2.04. The van der Waals surface area contributed by atoms with Crippen molar-refractivity contribution in [2.75, 3.05) is 40.3 Å². The second-order valence-electron chi connectivity index (χ2n) is 4.69. The number of rotatable bonds is 11. The molecular formula is C14H29N3O. The lowest BCUT2D eigenvalue weighted by Crippen LogP contribution is -2.33. The minimum Gasteiger partial charge on any atom is -0.339 e. The first-order valence-corrected chi connectivity index (χ1v) is 6.87. The van der Waals surface area contributed by atoms with E-state index < -0.39 is 0 Å². The molecule has 0 bridgehead atoms. The first-order valence-electron chi connectivity index (χ1n) is 6.87. The summed E-state index contributed by atoms with van der Waals surface area (Å²) in [5, 5.41) is 6.25. The zero-order valence-corrected chi connectivity index (χ0v) is 12.2. The van der Waals surface area contributed by atoms with Gasteiger partial charge in [-0.2, -0.15) is 0 Å². The molecule has 18 heavy (non-hydrogen) atoms. The summed E-state index contributed by atoms with van der Waals surface area (Å²) < 4.78 is 0. The van der Waals surface area contributed by atoms with E-state index in [0.29, 0.717) is 5.57 Å². The third kappa shape index (κ3) is 8.25. The van der Waals surface area contributed by atoms with Crippen molar-refractivity contribution in [3.63, 3.8) is 0 Å². The van der Waals surface area contributed by atoms with Gasteiger partial charge in [-0.15, -0.1) is 0 Å². The summed E-state index contributed by atoms with van der Waals surface area (Å²) in [6.07, 6.45) is 4.30. The molecule has 0 aromatic carbocycles. The molecule has 0 aromatic heterocycles. The van der Waals surface area contributed by atoms with Crippen LogP contribution in [0.15, 0.2) is 12.2 Å². The van der Waals surface area contributed by atoms with Gasteiger partial charge in [0.15, 0.2) is 0 Å². The van der Waals surface area contributed by atoms with Gasteiger partial charge in [0.1, 0.15) is 0 Å². The Morgan fingerprint density at radius 2 is 1.44 bits per heavy atom. The zero-order valence-electron chi connectivity index (χ0n) is 12.2. The van der Waals surface area contributed by atoms with Crippen LogP contribution in [-0.2, 0) is 4.79 Å². The molecule has 0 rings (SSSR count). The van der Waals surface area contributed by atoms with Crippen molar-refractivity contribution >= 4 is 5.91 Å². The summed E-state index contributed by atoms with van der Waals surface area (Å²) in [4.78, 5) is 13.9. The van der Waals surface area contributed by atoms with Crippen molar-refractivity contribution in [3.8, 4) is 0 Å². The highest BCUT2D eigenvalue weighted by atomic mass is 16.2. The average molecular weight is 255 g/mol. The molecule has 0 saturated carbocycles. The minimum absolute atomic E-state index is 0.101. The van der Waals surface area contributed by atoms with E-state index >= 15 is 0 Å². The van der Waals surface area contributed by atoms with Gasteiger partial charge in [-0.1, -0.05) is 6.58 Å². The maximum atomic E-state index is 12.0. The molecule has 0 radical (unpaired) electrons. The Kier molecular flexibility index (Phi) is 10.7. The molecule has 2 N–H and O–H groups in total. The number of amides is 1. The lowest BCUT2D eigenvalue weighted by atomic mass is 10.2. The fraction of sp³-hybridized carbons (Fsp3) is 0.786. The van der Waals surface area contributed by atoms with E-state index in [1.54, 1.807) is 6.92 Å². The van der Waals surface area contributed by atoms with E-state index in [0.717, 1.165) is 51.9 Å². The quantitative estimate of drug-likeness (QED) is 0.433. The summed E-state index contributed by atoms with van der Waals surface area (Å²) in [6.45, 7) is 9.24. The first-order chi connectivity index (χ1) is 8.63. The van der Waals surface area contributed by atoms with Gasteiger partial charge in [-0.25, -0.2) is 0 Å². The molecule has 0 heterocycles. The van der Waals surface area contributed by atoms with Crippen molar-refractivity contribution in [1.82, 2.24) is 15.5 Å². The Hall–Kier alpha value is -0.870. The molecule has 0 aliphatic carbocycles. The van der Waals surface area contributed by atoms with Crippen LogP contribution < -0.4 is 10.6 Å². The Balaban J connectivity index is 4.00. The number of nitrogens with one attached hydrogen (secondary N) is 2. The molecular weight excluding hydrogens is 226 g/mol. The zero-order chi connectivity index (χ0) is 13.8. The second kappa shape index (κ2) is 11.2. The predicted octanol–water partition coefficient (Wildman–Crippen LogP) is 1.39. The third-order valence-electron chi connectivity index (χ3n) is 2.86. The highest BCUT2D eigenvalue weighted by molar-refractivity contribution is 5.92. The van der Waals surface area contributed by atoms with Gasteiger partial charge < -0.3 is 15.5 Å². The van der Waals surface area contributed by atoms with Crippen molar-refractivity contribution in [2.45, 2.75) is 32.6 Å². The summed E-state index contributed by atoms with van der Waals surface area (Å²) in [6, 6.07) is 0. The largest absolute Gasteiger partial charge is 0.339 e. The molecule has 106 valence electrons. The van der Waals surface area contributed by atoms with Crippen LogP contribution in [0.2, 0.25) is 0 Å². The summed E-state index contributed by atoms with van der Waals surface area (Å²) in [5.41, 5.74) is 0.636. The van der Waals surface area contributed by atoms with Crippen LogP contribution in [0.4, 0.5) is 0 Å². The van der Waals surface area contributed by atoms with Crippen LogP contribution >= 0.6 is 0 Å². The number of hydrogen-bond acceptors (Lipinski definition) is 3. The number of hydrogen-bond donors (Lipinski definition) is 2. The van der Waals surface area contributed by atoms with Crippen LogP contribution in [0.5, 0.6) is 0 Å². The lowest BCUT2D eigenvalue weighted by molar-refractivity contribution is -0.127. The van der Waals surface area contributed by atoms with Gasteiger partial charge in [-0.3, -0.25) is 4.79 Å². The number of carbonyl (C=O) groups is 1.